The van der Waals surface area contributed by atoms with Crippen molar-refractivity contribution in [2.45, 2.75) is 32.7 Å². The monoisotopic (exact) mass is 419 g/mol. The van der Waals surface area contributed by atoms with Crippen molar-refractivity contribution in [3.8, 4) is 0 Å². The zero-order chi connectivity index (χ0) is 20.9. The van der Waals surface area contributed by atoms with Crippen LogP contribution >= 0.6 is 0 Å². The van der Waals surface area contributed by atoms with Crippen LogP contribution in [0, 0.1) is 5.92 Å². The smallest absolute Gasteiger partial charge is 0.232 e. The number of anilines is 3. The van der Waals surface area contributed by atoms with Gasteiger partial charge in [0.05, 0.1) is 12.8 Å². The van der Waals surface area contributed by atoms with Gasteiger partial charge < -0.3 is 11.1 Å². The molecule has 158 valence electrons. The molecule has 2 aromatic rings. The van der Waals surface area contributed by atoms with E-state index in [4.69, 9.17) is 5.73 Å². The number of hydrogen-bond donors (Lipinski definition) is 3. The van der Waals surface area contributed by atoms with Crippen molar-refractivity contribution >= 4 is 27.6 Å². The maximum Gasteiger partial charge on any atom is 0.232 e. The van der Waals surface area contributed by atoms with E-state index in [2.05, 4.69) is 42.9 Å². The Kier molecular flexibility index (Phi) is 6.99. The molecule has 3 rings (SSSR count). The molecule has 0 saturated carbocycles. The molecule has 1 aliphatic rings. The van der Waals surface area contributed by atoms with Crippen molar-refractivity contribution in [3.63, 3.8) is 0 Å². The lowest BCUT2D eigenvalue weighted by molar-refractivity contribution is 0.165. The Balaban J connectivity index is 1.66. The number of rotatable bonds is 8. The van der Waals surface area contributed by atoms with Crippen LogP contribution in [0.5, 0.6) is 0 Å². The third-order valence-corrected chi connectivity index (χ3v) is 5.64. The number of hydrogen-bond acceptors (Lipinski definition) is 8. The Hall–Kier alpha value is -2.30. The van der Waals surface area contributed by atoms with E-state index in [1.807, 2.05) is 18.2 Å². The normalized spacial score (nSPS) is 17.9. The Labute approximate surface area is 172 Å². The van der Waals surface area contributed by atoms with Crippen LogP contribution in [0.2, 0.25) is 0 Å². The molecule has 2 heterocycles. The SMILES string of the molecule is CCc1ccccc1Nc1nc(N)nc(CN2CCCC(CNS(C)(=O)=O)C2)n1. The maximum atomic E-state index is 11.3. The van der Waals surface area contributed by atoms with Crippen molar-refractivity contribution in [2.75, 3.05) is 36.9 Å². The molecule has 1 fully saturated rings. The van der Waals surface area contributed by atoms with Crippen molar-refractivity contribution in [1.29, 1.82) is 0 Å². The number of benzene rings is 1. The molecule has 1 aliphatic heterocycles. The summed E-state index contributed by atoms with van der Waals surface area (Å²) in [5.41, 5.74) is 8.04. The summed E-state index contributed by atoms with van der Waals surface area (Å²) in [6.45, 7) is 4.80. The highest BCUT2D eigenvalue weighted by Crippen LogP contribution is 2.21. The summed E-state index contributed by atoms with van der Waals surface area (Å²) in [6.07, 6.45) is 4.09. The van der Waals surface area contributed by atoms with E-state index in [0.717, 1.165) is 38.0 Å². The van der Waals surface area contributed by atoms with E-state index in [0.29, 0.717) is 24.9 Å². The minimum Gasteiger partial charge on any atom is -0.368 e. The van der Waals surface area contributed by atoms with Gasteiger partial charge in [0.1, 0.15) is 5.82 Å². The summed E-state index contributed by atoms with van der Waals surface area (Å²) in [4.78, 5) is 15.3. The van der Waals surface area contributed by atoms with Gasteiger partial charge >= 0.3 is 0 Å². The second kappa shape index (κ2) is 9.47. The molecular weight excluding hydrogens is 390 g/mol. The van der Waals surface area contributed by atoms with Gasteiger partial charge in [0, 0.05) is 18.8 Å². The van der Waals surface area contributed by atoms with Crippen molar-refractivity contribution < 1.29 is 8.42 Å². The van der Waals surface area contributed by atoms with E-state index in [9.17, 15) is 8.42 Å². The predicted octanol–water partition coefficient (Wildman–Crippen LogP) is 1.52. The molecule has 4 N–H and O–H groups in total. The Morgan fingerprint density at radius 2 is 2.03 bits per heavy atom. The predicted molar refractivity (Wildman–Crippen MR) is 114 cm³/mol. The maximum absolute atomic E-state index is 11.3. The molecule has 0 spiro atoms. The highest BCUT2D eigenvalue weighted by atomic mass is 32.2. The third kappa shape index (κ3) is 6.62. The second-order valence-corrected chi connectivity index (χ2v) is 9.27. The van der Waals surface area contributed by atoms with Crippen LogP contribution in [0.4, 0.5) is 17.6 Å². The first kappa shape index (κ1) is 21.4. The van der Waals surface area contributed by atoms with Gasteiger partial charge in [-0.2, -0.15) is 15.0 Å². The minimum absolute atomic E-state index is 0.179. The Bertz CT molecular complexity index is 936. The van der Waals surface area contributed by atoms with Gasteiger partial charge in [-0.1, -0.05) is 25.1 Å². The summed E-state index contributed by atoms with van der Waals surface area (Å²) >= 11 is 0. The summed E-state index contributed by atoms with van der Waals surface area (Å²) < 4.78 is 25.3. The zero-order valence-corrected chi connectivity index (χ0v) is 17.7. The molecule has 0 aliphatic carbocycles. The number of likely N-dealkylation sites (tertiary alicyclic amines) is 1. The van der Waals surface area contributed by atoms with E-state index in [1.165, 1.54) is 11.8 Å². The topological polar surface area (TPSA) is 126 Å². The fourth-order valence-corrected chi connectivity index (χ4v) is 4.10. The van der Waals surface area contributed by atoms with Crippen LogP contribution in [0.15, 0.2) is 24.3 Å². The van der Waals surface area contributed by atoms with Gasteiger partial charge in [0.2, 0.25) is 21.9 Å². The van der Waals surface area contributed by atoms with Crippen LogP contribution in [0.25, 0.3) is 0 Å². The van der Waals surface area contributed by atoms with E-state index in [-0.39, 0.29) is 11.9 Å². The zero-order valence-electron chi connectivity index (χ0n) is 16.9. The second-order valence-electron chi connectivity index (χ2n) is 7.43. The molecule has 1 unspecified atom stereocenters. The van der Waals surface area contributed by atoms with Crippen LogP contribution in [0.1, 0.15) is 31.2 Å². The van der Waals surface area contributed by atoms with E-state index < -0.39 is 10.0 Å². The molecule has 0 bridgehead atoms. The average molecular weight is 420 g/mol. The molecule has 10 heteroatoms. The number of nitrogen functional groups attached to an aromatic ring is 1. The number of aryl methyl sites for hydroxylation is 1. The van der Waals surface area contributed by atoms with E-state index >= 15 is 0 Å². The first-order valence-electron chi connectivity index (χ1n) is 9.84. The molecule has 1 aromatic heterocycles. The van der Waals surface area contributed by atoms with Crippen LogP contribution in [0.3, 0.4) is 0 Å². The first-order valence-corrected chi connectivity index (χ1v) is 11.7. The molecule has 1 aromatic carbocycles. The number of para-hydroxylation sites is 1. The van der Waals surface area contributed by atoms with Gasteiger partial charge in [0.25, 0.3) is 0 Å². The molecule has 0 radical (unpaired) electrons. The number of nitrogens with two attached hydrogens (primary N) is 1. The largest absolute Gasteiger partial charge is 0.368 e. The lowest BCUT2D eigenvalue weighted by atomic mass is 9.98. The van der Waals surface area contributed by atoms with Gasteiger partial charge in [-0.15, -0.1) is 0 Å². The van der Waals surface area contributed by atoms with Crippen molar-refractivity contribution in [3.05, 3.63) is 35.7 Å². The van der Waals surface area contributed by atoms with Crippen molar-refractivity contribution in [2.24, 2.45) is 5.92 Å². The lowest BCUT2D eigenvalue weighted by Crippen LogP contribution is -2.40. The summed E-state index contributed by atoms with van der Waals surface area (Å²) in [5.74, 6) is 1.48. The number of nitrogens with one attached hydrogen (secondary N) is 2. The average Bonchev–Trinajstić information content (AvgIpc) is 2.66. The highest BCUT2D eigenvalue weighted by Gasteiger charge is 2.22. The van der Waals surface area contributed by atoms with Crippen LogP contribution < -0.4 is 15.8 Å². The first-order chi connectivity index (χ1) is 13.8. The number of piperidine rings is 1. The van der Waals surface area contributed by atoms with Gasteiger partial charge in [-0.25, -0.2) is 13.1 Å². The Morgan fingerprint density at radius 1 is 1.24 bits per heavy atom. The van der Waals surface area contributed by atoms with Gasteiger partial charge in [0.15, 0.2) is 0 Å². The third-order valence-electron chi connectivity index (χ3n) is 4.95. The molecule has 9 nitrogen and oxygen atoms in total. The quantitative estimate of drug-likeness (QED) is 0.588. The molecular formula is C19H29N7O2S. The summed E-state index contributed by atoms with van der Waals surface area (Å²) in [6, 6.07) is 8.02. The number of aromatic nitrogens is 3. The number of sulfonamides is 1. The van der Waals surface area contributed by atoms with Gasteiger partial charge in [-0.3, -0.25) is 4.90 Å². The fraction of sp³-hybridized carbons (Fsp3) is 0.526. The van der Waals surface area contributed by atoms with Crippen LogP contribution in [-0.4, -0.2) is 54.2 Å². The fourth-order valence-electron chi connectivity index (χ4n) is 3.57. The standard InChI is InChI=1S/C19H29N7O2S/c1-3-15-8-4-5-9-16(15)22-19-24-17(23-18(20)25-19)13-26-10-6-7-14(12-26)11-21-29(2,27)28/h4-5,8-9,14,21H,3,6-7,10-13H2,1-2H3,(H3,20,22,23,24,25). The molecule has 1 saturated heterocycles. The highest BCUT2D eigenvalue weighted by molar-refractivity contribution is 7.88. The molecule has 0 amide bonds. The summed E-state index contributed by atoms with van der Waals surface area (Å²) in [7, 11) is -3.17. The van der Waals surface area contributed by atoms with Crippen LogP contribution in [-0.2, 0) is 23.0 Å². The molecule has 1 atom stereocenters. The molecule has 29 heavy (non-hydrogen) atoms. The van der Waals surface area contributed by atoms with E-state index in [1.54, 1.807) is 0 Å². The number of nitrogens with zero attached hydrogens (tertiary/aromatic N) is 4. The lowest BCUT2D eigenvalue weighted by Gasteiger charge is -2.32. The Morgan fingerprint density at radius 3 is 2.79 bits per heavy atom. The van der Waals surface area contributed by atoms with Gasteiger partial charge in [-0.05, 0) is 43.4 Å². The van der Waals surface area contributed by atoms with Crippen molar-refractivity contribution in [1.82, 2.24) is 24.6 Å². The minimum atomic E-state index is -3.17. The summed E-state index contributed by atoms with van der Waals surface area (Å²) in [5, 5.41) is 3.25.